The number of nitro groups is 1. The highest BCUT2D eigenvalue weighted by atomic mass is 19.1. The zero-order chi connectivity index (χ0) is 18.6. The lowest BCUT2D eigenvalue weighted by Gasteiger charge is -2.34. The van der Waals surface area contributed by atoms with E-state index in [1.165, 1.54) is 0 Å². The molecule has 1 aromatic rings. The van der Waals surface area contributed by atoms with Gasteiger partial charge in [-0.3, -0.25) is 10.1 Å². The van der Waals surface area contributed by atoms with Crippen LogP contribution in [0.4, 0.5) is 20.6 Å². The number of pyridine rings is 1. The molecule has 25 heavy (non-hydrogen) atoms. The smallest absolute Gasteiger partial charge is 0.410 e. The molecule has 1 aliphatic rings. The molecule has 1 fully saturated rings. The van der Waals surface area contributed by atoms with Crippen molar-refractivity contribution in [3.63, 3.8) is 0 Å². The molecule has 0 spiro atoms. The molecule has 2 rings (SSSR count). The van der Waals surface area contributed by atoms with Crippen LogP contribution in [0.5, 0.6) is 0 Å². The van der Waals surface area contributed by atoms with Crippen LogP contribution >= 0.6 is 0 Å². The van der Waals surface area contributed by atoms with Gasteiger partial charge < -0.3 is 15.0 Å². The van der Waals surface area contributed by atoms with E-state index in [2.05, 4.69) is 10.3 Å². The summed E-state index contributed by atoms with van der Waals surface area (Å²) >= 11 is 0. The third-order valence-electron chi connectivity index (χ3n) is 3.80. The molecule has 1 N–H and O–H groups in total. The number of piperidine rings is 1. The summed E-state index contributed by atoms with van der Waals surface area (Å²) < 4.78 is 18.6. The van der Waals surface area contributed by atoms with Gasteiger partial charge in [0.2, 0.25) is 5.95 Å². The molecule has 1 unspecified atom stereocenters. The first-order valence-corrected chi connectivity index (χ1v) is 8.17. The molecule has 0 aromatic carbocycles. The summed E-state index contributed by atoms with van der Waals surface area (Å²) in [6.07, 6.45) is 2.22. The molecule has 138 valence electrons. The number of nitrogens with zero attached hydrogens (tertiary/aromatic N) is 3. The molecule has 1 aliphatic heterocycles. The van der Waals surface area contributed by atoms with Gasteiger partial charge >= 0.3 is 11.8 Å². The molecule has 0 saturated carbocycles. The number of amides is 1. The molecule has 1 amide bonds. The number of nitrogens with one attached hydrogen (secondary N) is 1. The number of aromatic nitrogens is 1. The van der Waals surface area contributed by atoms with Crippen LogP contribution in [0, 0.1) is 22.0 Å². The van der Waals surface area contributed by atoms with Crippen LogP contribution in [-0.4, -0.2) is 46.1 Å². The highest BCUT2D eigenvalue weighted by Gasteiger charge is 2.28. The summed E-state index contributed by atoms with van der Waals surface area (Å²) in [6.45, 7) is 6.93. The SMILES string of the molecule is CC(C)(C)OC(=O)N1CCCC(CNc2cc(F)ncc2[N+](=O)[O-])C1. The van der Waals surface area contributed by atoms with Crippen LogP contribution in [0.1, 0.15) is 33.6 Å². The summed E-state index contributed by atoms with van der Waals surface area (Å²) in [6, 6.07) is 1.01. The standard InChI is InChI=1S/C16H23FN4O4/c1-16(2,3)25-15(22)20-6-4-5-11(10-20)8-18-12-7-14(17)19-9-13(12)21(23)24/h7,9,11H,4-6,8,10H2,1-3H3,(H,18,19). The zero-order valence-electron chi connectivity index (χ0n) is 14.6. The van der Waals surface area contributed by atoms with Gasteiger partial charge in [0.25, 0.3) is 0 Å². The first-order chi connectivity index (χ1) is 11.7. The summed E-state index contributed by atoms with van der Waals surface area (Å²) in [7, 11) is 0. The van der Waals surface area contributed by atoms with Crippen molar-refractivity contribution in [2.45, 2.75) is 39.2 Å². The first-order valence-electron chi connectivity index (χ1n) is 8.17. The van der Waals surface area contributed by atoms with Crippen LogP contribution < -0.4 is 5.32 Å². The van der Waals surface area contributed by atoms with E-state index in [0.717, 1.165) is 25.1 Å². The van der Waals surface area contributed by atoms with Crippen LogP contribution in [-0.2, 0) is 4.74 Å². The van der Waals surface area contributed by atoms with E-state index in [9.17, 15) is 19.3 Å². The highest BCUT2D eigenvalue weighted by Crippen LogP contribution is 2.25. The van der Waals surface area contributed by atoms with Crippen molar-refractivity contribution in [1.82, 2.24) is 9.88 Å². The second-order valence-electron chi connectivity index (χ2n) is 7.10. The molecule has 1 aromatic heterocycles. The lowest BCUT2D eigenvalue weighted by molar-refractivity contribution is -0.384. The summed E-state index contributed by atoms with van der Waals surface area (Å²) in [5.74, 6) is -0.691. The predicted molar refractivity (Wildman–Crippen MR) is 89.9 cm³/mol. The van der Waals surface area contributed by atoms with E-state index in [-0.39, 0.29) is 23.4 Å². The minimum atomic E-state index is -0.785. The van der Waals surface area contributed by atoms with Gasteiger partial charge in [0.05, 0.1) is 4.92 Å². The maximum atomic E-state index is 13.3. The molecule has 8 nitrogen and oxygen atoms in total. The van der Waals surface area contributed by atoms with E-state index in [1.807, 2.05) is 20.8 Å². The Morgan fingerprint density at radius 2 is 2.28 bits per heavy atom. The fourth-order valence-corrected chi connectivity index (χ4v) is 2.69. The minimum absolute atomic E-state index is 0.0897. The average molecular weight is 354 g/mol. The number of ether oxygens (including phenoxy) is 1. The number of hydrogen-bond donors (Lipinski definition) is 1. The number of rotatable bonds is 4. The third kappa shape index (κ3) is 5.54. The quantitative estimate of drug-likeness (QED) is 0.507. The van der Waals surface area contributed by atoms with Gasteiger partial charge in [-0.05, 0) is 39.5 Å². The number of likely N-dealkylation sites (tertiary alicyclic amines) is 1. The molecule has 1 atom stereocenters. The number of carbonyl (C=O) groups is 1. The average Bonchev–Trinajstić information content (AvgIpc) is 2.51. The zero-order valence-corrected chi connectivity index (χ0v) is 14.6. The Balaban J connectivity index is 1.96. The molecule has 0 radical (unpaired) electrons. The van der Waals surface area contributed by atoms with Crippen LogP contribution in [0.3, 0.4) is 0 Å². The van der Waals surface area contributed by atoms with Crippen LogP contribution in [0.25, 0.3) is 0 Å². The topological polar surface area (TPSA) is 97.6 Å². The summed E-state index contributed by atoms with van der Waals surface area (Å²) in [5.41, 5.74) is -0.745. The molecule has 0 bridgehead atoms. The van der Waals surface area contributed by atoms with E-state index >= 15 is 0 Å². The van der Waals surface area contributed by atoms with Gasteiger partial charge in [0.1, 0.15) is 17.5 Å². The molecular formula is C16H23FN4O4. The lowest BCUT2D eigenvalue weighted by atomic mass is 9.98. The molecule has 9 heteroatoms. The van der Waals surface area contributed by atoms with E-state index in [4.69, 9.17) is 4.74 Å². The molecule has 1 saturated heterocycles. The van der Waals surface area contributed by atoms with Crippen molar-refractivity contribution in [3.8, 4) is 0 Å². The van der Waals surface area contributed by atoms with Crippen molar-refractivity contribution in [2.24, 2.45) is 5.92 Å². The number of halogens is 1. The molecular weight excluding hydrogens is 331 g/mol. The monoisotopic (exact) mass is 354 g/mol. The summed E-state index contributed by atoms with van der Waals surface area (Å²) in [5, 5.41) is 13.9. The van der Waals surface area contributed by atoms with Crippen molar-refractivity contribution in [1.29, 1.82) is 0 Å². The van der Waals surface area contributed by atoms with Gasteiger partial charge in [-0.1, -0.05) is 0 Å². The van der Waals surface area contributed by atoms with Crippen molar-refractivity contribution < 1.29 is 18.8 Å². The first kappa shape index (κ1) is 18.9. The predicted octanol–water partition coefficient (Wildman–Crippen LogP) is 3.19. The van der Waals surface area contributed by atoms with Gasteiger partial charge in [0, 0.05) is 25.7 Å². The number of anilines is 1. The molecule has 0 aliphatic carbocycles. The van der Waals surface area contributed by atoms with Gasteiger partial charge in [-0.15, -0.1) is 0 Å². The molecule has 2 heterocycles. The van der Waals surface area contributed by atoms with Crippen molar-refractivity contribution in [2.75, 3.05) is 25.0 Å². The van der Waals surface area contributed by atoms with E-state index in [1.54, 1.807) is 4.90 Å². The second kappa shape index (κ2) is 7.62. The fraction of sp³-hybridized carbons (Fsp3) is 0.625. The highest BCUT2D eigenvalue weighted by molar-refractivity contribution is 5.68. The normalized spacial score (nSPS) is 17.9. The largest absolute Gasteiger partial charge is 0.444 e. The van der Waals surface area contributed by atoms with Gasteiger partial charge in [0.15, 0.2) is 0 Å². The number of carbonyl (C=O) groups excluding carboxylic acids is 1. The lowest BCUT2D eigenvalue weighted by Crippen LogP contribution is -2.44. The Bertz CT molecular complexity index is 648. The van der Waals surface area contributed by atoms with Gasteiger partial charge in [-0.2, -0.15) is 4.39 Å². The maximum absolute atomic E-state index is 13.3. The van der Waals surface area contributed by atoms with Crippen LogP contribution in [0.2, 0.25) is 0 Å². The Morgan fingerprint density at radius 3 is 2.92 bits per heavy atom. The number of hydrogen-bond acceptors (Lipinski definition) is 6. The second-order valence-corrected chi connectivity index (χ2v) is 7.10. The maximum Gasteiger partial charge on any atom is 0.410 e. The van der Waals surface area contributed by atoms with E-state index in [0.29, 0.717) is 19.6 Å². The Morgan fingerprint density at radius 1 is 1.56 bits per heavy atom. The van der Waals surface area contributed by atoms with Gasteiger partial charge in [-0.25, -0.2) is 9.78 Å². The Labute approximate surface area is 145 Å². The Kier molecular flexibility index (Phi) is 5.76. The van der Waals surface area contributed by atoms with Crippen molar-refractivity contribution in [3.05, 3.63) is 28.3 Å². The third-order valence-corrected chi connectivity index (χ3v) is 3.80. The van der Waals surface area contributed by atoms with Crippen LogP contribution in [0.15, 0.2) is 12.3 Å². The summed E-state index contributed by atoms with van der Waals surface area (Å²) in [4.78, 5) is 27.5. The van der Waals surface area contributed by atoms with Crippen molar-refractivity contribution >= 4 is 17.5 Å². The minimum Gasteiger partial charge on any atom is -0.444 e. The van der Waals surface area contributed by atoms with E-state index < -0.39 is 16.5 Å². The fourth-order valence-electron chi connectivity index (χ4n) is 2.69. The Hall–Kier alpha value is -2.45.